The average molecular weight is 250 g/mol. The standard InChI is InChI=1S/C10H13F3N2O2/c1-17-9-3-8(7(14)2-6(9)11)15-4-10(12,13)5-16/h2-3,15-16H,4-5,14H2,1H3. The smallest absolute Gasteiger partial charge is 0.287 e. The van der Waals surface area contributed by atoms with Gasteiger partial charge >= 0.3 is 0 Å². The second-order valence-corrected chi connectivity index (χ2v) is 3.44. The fourth-order valence-corrected chi connectivity index (χ4v) is 1.16. The molecule has 0 bridgehead atoms. The Balaban J connectivity index is 2.84. The van der Waals surface area contributed by atoms with E-state index in [1.54, 1.807) is 0 Å². The number of nitrogens with one attached hydrogen (secondary N) is 1. The summed E-state index contributed by atoms with van der Waals surface area (Å²) in [6, 6.07) is 2.15. The highest BCUT2D eigenvalue weighted by Gasteiger charge is 2.27. The Bertz CT molecular complexity index is 399. The lowest BCUT2D eigenvalue weighted by Crippen LogP contribution is -2.31. The molecule has 17 heavy (non-hydrogen) atoms. The average Bonchev–Trinajstić information content (AvgIpc) is 2.28. The first-order chi connectivity index (χ1) is 7.89. The quantitative estimate of drug-likeness (QED) is 0.692. The molecule has 0 saturated heterocycles. The van der Waals surface area contributed by atoms with E-state index in [0.717, 1.165) is 6.07 Å². The Hall–Kier alpha value is -1.63. The number of methoxy groups -OCH3 is 1. The van der Waals surface area contributed by atoms with Crippen LogP contribution in [0.2, 0.25) is 0 Å². The van der Waals surface area contributed by atoms with Crippen LogP contribution < -0.4 is 15.8 Å². The molecule has 0 spiro atoms. The minimum Gasteiger partial charge on any atom is -0.494 e. The third kappa shape index (κ3) is 3.42. The van der Waals surface area contributed by atoms with Crippen LogP contribution in [0.3, 0.4) is 0 Å². The Morgan fingerprint density at radius 3 is 2.65 bits per heavy atom. The van der Waals surface area contributed by atoms with Crippen LogP contribution in [0.4, 0.5) is 24.5 Å². The third-order valence-corrected chi connectivity index (χ3v) is 2.09. The topological polar surface area (TPSA) is 67.5 Å². The molecule has 7 heteroatoms. The van der Waals surface area contributed by atoms with Crippen LogP contribution in [-0.2, 0) is 0 Å². The molecule has 1 aromatic rings. The van der Waals surface area contributed by atoms with Crippen molar-refractivity contribution in [3.63, 3.8) is 0 Å². The van der Waals surface area contributed by atoms with Gasteiger partial charge in [-0.15, -0.1) is 0 Å². The van der Waals surface area contributed by atoms with Crippen LogP contribution in [0.5, 0.6) is 5.75 Å². The highest BCUT2D eigenvalue weighted by molar-refractivity contribution is 5.68. The summed E-state index contributed by atoms with van der Waals surface area (Å²) in [7, 11) is 1.25. The van der Waals surface area contributed by atoms with Crippen LogP contribution in [0.15, 0.2) is 12.1 Å². The number of nitrogen functional groups attached to an aromatic ring is 1. The predicted molar refractivity (Wildman–Crippen MR) is 57.9 cm³/mol. The predicted octanol–water partition coefficient (Wildman–Crippen LogP) is 1.46. The second-order valence-electron chi connectivity index (χ2n) is 3.44. The minimum absolute atomic E-state index is 0.0166. The van der Waals surface area contributed by atoms with Crippen molar-refractivity contribution in [2.45, 2.75) is 5.92 Å². The first kappa shape index (κ1) is 13.4. The highest BCUT2D eigenvalue weighted by atomic mass is 19.3. The van der Waals surface area contributed by atoms with Gasteiger partial charge in [-0.1, -0.05) is 0 Å². The van der Waals surface area contributed by atoms with E-state index >= 15 is 0 Å². The van der Waals surface area contributed by atoms with Crippen molar-refractivity contribution in [2.75, 3.05) is 31.3 Å². The molecule has 0 aliphatic rings. The molecule has 0 atom stereocenters. The minimum atomic E-state index is -3.27. The van der Waals surface area contributed by atoms with Crippen molar-refractivity contribution in [3.8, 4) is 5.75 Å². The van der Waals surface area contributed by atoms with Crippen molar-refractivity contribution in [3.05, 3.63) is 17.9 Å². The molecule has 0 unspecified atom stereocenters. The summed E-state index contributed by atoms with van der Waals surface area (Å²) in [6.07, 6.45) is 0. The molecule has 0 heterocycles. The van der Waals surface area contributed by atoms with Crippen molar-refractivity contribution >= 4 is 11.4 Å². The molecule has 1 aromatic carbocycles. The van der Waals surface area contributed by atoms with Gasteiger partial charge in [-0.25, -0.2) is 13.2 Å². The Kier molecular flexibility index (Phi) is 4.06. The molecule has 0 aliphatic heterocycles. The Labute approximate surface area is 96.2 Å². The van der Waals surface area contributed by atoms with Crippen LogP contribution in [-0.4, -0.2) is 31.3 Å². The van der Waals surface area contributed by atoms with E-state index in [9.17, 15) is 13.2 Å². The number of aliphatic hydroxyl groups excluding tert-OH is 1. The SMILES string of the molecule is COc1cc(NCC(F)(F)CO)c(N)cc1F. The summed E-state index contributed by atoms with van der Waals surface area (Å²) in [5.41, 5.74) is 5.56. The molecule has 0 aliphatic carbocycles. The van der Waals surface area contributed by atoms with Crippen LogP contribution >= 0.6 is 0 Å². The molecule has 0 aromatic heterocycles. The zero-order valence-electron chi connectivity index (χ0n) is 9.14. The molecule has 4 nitrogen and oxygen atoms in total. The molecule has 0 saturated carbocycles. The van der Waals surface area contributed by atoms with Gasteiger partial charge in [-0.3, -0.25) is 0 Å². The molecule has 0 fully saturated rings. The summed E-state index contributed by atoms with van der Waals surface area (Å²) in [4.78, 5) is 0. The van der Waals surface area contributed by atoms with E-state index in [1.807, 2.05) is 0 Å². The molecule has 0 radical (unpaired) electrons. The zero-order chi connectivity index (χ0) is 13.1. The number of anilines is 2. The summed E-state index contributed by atoms with van der Waals surface area (Å²) in [5.74, 6) is -4.05. The number of hydrogen-bond acceptors (Lipinski definition) is 4. The van der Waals surface area contributed by atoms with Gasteiger partial charge in [0.05, 0.1) is 25.0 Å². The number of ether oxygens (including phenoxy) is 1. The molecular formula is C10H13F3N2O2. The Morgan fingerprint density at radius 1 is 1.47 bits per heavy atom. The summed E-state index contributed by atoms with van der Waals surface area (Å²) < 4.78 is 43.4. The maximum atomic E-state index is 13.2. The summed E-state index contributed by atoms with van der Waals surface area (Å²) in [6.45, 7) is -2.08. The van der Waals surface area contributed by atoms with Gasteiger partial charge in [0.25, 0.3) is 5.92 Å². The van der Waals surface area contributed by atoms with Crippen LogP contribution in [0, 0.1) is 5.82 Å². The van der Waals surface area contributed by atoms with E-state index in [4.69, 9.17) is 15.6 Å². The number of aliphatic hydroxyl groups is 1. The fraction of sp³-hybridized carbons (Fsp3) is 0.400. The maximum Gasteiger partial charge on any atom is 0.287 e. The molecule has 1 rings (SSSR count). The van der Waals surface area contributed by atoms with Gasteiger partial charge < -0.3 is 20.9 Å². The lowest BCUT2D eigenvalue weighted by molar-refractivity contribution is -0.0372. The lowest BCUT2D eigenvalue weighted by atomic mass is 10.2. The summed E-state index contributed by atoms with van der Waals surface area (Å²) in [5, 5.41) is 10.7. The fourth-order valence-electron chi connectivity index (χ4n) is 1.16. The van der Waals surface area contributed by atoms with Crippen molar-refractivity contribution in [2.24, 2.45) is 0 Å². The van der Waals surface area contributed by atoms with Crippen molar-refractivity contribution in [1.29, 1.82) is 0 Å². The van der Waals surface area contributed by atoms with E-state index in [0.29, 0.717) is 0 Å². The first-order valence-corrected chi connectivity index (χ1v) is 4.75. The number of nitrogens with two attached hydrogens (primary N) is 1. The van der Waals surface area contributed by atoms with E-state index in [-0.39, 0.29) is 17.1 Å². The lowest BCUT2D eigenvalue weighted by Gasteiger charge is -2.16. The second kappa shape index (κ2) is 5.13. The van der Waals surface area contributed by atoms with E-state index in [1.165, 1.54) is 13.2 Å². The number of alkyl halides is 2. The van der Waals surface area contributed by atoms with Gasteiger partial charge in [0.15, 0.2) is 11.6 Å². The normalized spacial score (nSPS) is 11.4. The third-order valence-electron chi connectivity index (χ3n) is 2.09. The number of rotatable bonds is 5. The number of hydrogen-bond donors (Lipinski definition) is 3. The zero-order valence-corrected chi connectivity index (χ0v) is 9.14. The largest absolute Gasteiger partial charge is 0.494 e. The number of benzene rings is 1. The molecule has 96 valence electrons. The monoisotopic (exact) mass is 250 g/mol. The van der Waals surface area contributed by atoms with Crippen molar-refractivity contribution in [1.82, 2.24) is 0 Å². The van der Waals surface area contributed by atoms with Crippen LogP contribution in [0.25, 0.3) is 0 Å². The summed E-state index contributed by atoms with van der Waals surface area (Å²) >= 11 is 0. The highest BCUT2D eigenvalue weighted by Crippen LogP contribution is 2.28. The molecule has 0 amide bonds. The Morgan fingerprint density at radius 2 is 2.12 bits per heavy atom. The van der Waals surface area contributed by atoms with Crippen LogP contribution in [0.1, 0.15) is 0 Å². The van der Waals surface area contributed by atoms with Gasteiger partial charge in [0.1, 0.15) is 6.61 Å². The molecular weight excluding hydrogens is 237 g/mol. The maximum absolute atomic E-state index is 13.2. The first-order valence-electron chi connectivity index (χ1n) is 4.75. The van der Waals surface area contributed by atoms with Crippen molar-refractivity contribution < 1.29 is 23.0 Å². The van der Waals surface area contributed by atoms with Gasteiger partial charge in [-0.05, 0) is 0 Å². The van der Waals surface area contributed by atoms with Gasteiger partial charge in [0, 0.05) is 12.1 Å². The van der Waals surface area contributed by atoms with Gasteiger partial charge in [0.2, 0.25) is 0 Å². The van der Waals surface area contributed by atoms with E-state index in [2.05, 4.69) is 5.32 Å². The van der Waals surface area contributed by atoms with E-state index < -0.39 is 24.9 Å². The molecule has 4 N–H and O–H groups in total. The van der Waals surface area contributed by atoms with Gasteiger partial charge in [-0.2, -0.15) is 0 Å². The number of halogens is 3.